The maximum absolute atomic E-state index is 11.9. The van der Waals surface area contributed by atoms with Gasteiger partial charge in [-0.2, -0.15) is 0 Å². The first-order chi connectivity index (χ1) is 8.57. The molecule has 4 heteroatoms. The molecule has 4 nitrogen and oxygen atoms in total. The molecular formula is C14H26O4. The zero-order chi connectivity index (χ0) is 13.6. The summed E-state index contributed by atoms with van der Waals surface area (Å²) in [5.74, 6) is -0.705. The Morgan fingerprint density at radius 2 is 2.22 bits per heavy atom. The van der Waals surface area contributed by atoms with Gasteiger partial charge in [-0.1, -0.05) is 19.8 Å². The Balaban J connectivity index is 2.77. The lowest BCUT2D eigenvalue weighted by Crippen LogP contribution is -2.48. The van der Waals surface area contributed by atoms with E-state index >= 15 is 0 Å². The summed E-state index contributed by atoms with van der Waals surface area (Å²) in [5, 5.41) is 10.8. The Bertz CT molecular complexity index is 267. The third-order valence-electron chi connectivity index (χ3n) is 4.03. The minimum absolute atomic E-state index is 0.0533. The molecule has 1 rings (SSSR count). The Morgan fingerprint density at radius 1 is 1.50 bits per heavy atom. The van der Waals surface area contributed by atoms with Crippen LogP contribution in [0.15, 0.2) is 0 Å². The average Bonchev–Trinajstić information content (AvgIpc) is 2.38. The van der Waals surface area contributed by atoms with E-state index in [1.165, 1.54) is 7.11 Å². The standard InChI is InChI=1S/C14H26O4/c1-4-5-8-12(13(15)18-3)14(16)9-6-7-11(10-14)17-2/h11-12,16H,4-10H2,1-3H3. The molecule has 0 aromatic heterocycles. The van der Waals surface area contributed by atoms with E-state index in [2.05, 4.69) is 6.92 Å². The number of esters is 1. The lowest BCUT2D eigenvalue weighted by molar-refractivity contribution is -0.163. The van der Waals surface area contributed by atoms with E-state index in [4.69, 9.17) is 9.47 Å². The maximum atomic E-state index is 11.9. The molecule has 0 heterocycles. The van der Waals surface area contributed by atoms with Crippen molar-refractivity contribution in [3.05, 3.63) is 0 Å². The molecular weight excluding hydrogens is 232 g/mol. The van der Waals surface area contributed by atoms with Crippen molar-refractivity contribution in [2.24, 2.45) is 5.92 Å². The quantitative estimate of drug-likeness (QED) is 0.743. The van der Waals surface area contributed by atoms with Crippen molar-refractivity contribution in [1.29, 1.82) is 0 Å². The van der Waals surface area contributed by atoms with Gasteiger partial charge in [0.1, 0.15) is 0 Å². The van der Waals surface area contributed by atoms with E-state index in [9.17, 15) is 9.90 Å². The van der Waals surface area contributed by atoms with Crippen molar-refractivity contribution < 1.29 is 19.4 Å². The zero-order valence-corrected chi connectivity index (χ0v) is 11.8. The number of ether oxygens (including phenoxy) is 2. The monoisotopic (exact) mass is 258 g/mol. The summed E-state index contributed by atoms with van der Waals surface area (Å²) in [6.07, 6.45) is 5.74. The van der Waals surface area contributed by atoms with Crippen molar-refractivity contribution in [3.8, 4) is 0 Å². The van der Waals surface area contributed by atoms with Crippen molar-refractivity contribution in [2.75, 3.05) is 14.2 Å². The second-order valence-corrected chi connectivity index (χ2v) is 5.28. The van der Waals surface area contributed by atoms with Gasteiger partial charge in [0.05, 0.1) is 24.7 Å². The molecule has 0 aromatic carbocycles. The minimum atomic E-state index is -0.957. The van der Waals surface area contributed by atoms with Gasteiger partial charge in [0.2, 0.25) is 0 Å². The normalized spacial score (nSPS) is 29.9. The Morgan fingerprint density at radius 3 is 2.78 bits per heavy atom. The van der Waals surface area contributed by atoms with Crippen LogP contribution in [0.2, 0.25) is 0 Å². The smallest absolute Gasteiger partial charge is 0.311 e. The first-order valence-electron chi connectivity index (χ1n) is 6.90. The van der Waals surface area contributed by atoms with Gasteiger partial charge in [-0.15, -0.1) is 0 Å². The highest BCUT2D eigenvalue weighted by molar-refractivity contribution is 5.73. The zero-order valence-electron chi connectivity index (χ0n) is 11.8. The highest BCUT2D eigenvalue weighted by atomic mass is 16.5. The van der Waals surface area contributed by atoms with Crippen molar-refractivity contribution in [1.82, 2.24) is 0 Å². The molecule has 0 saturated heterocycles. The van der Waals surface area contributed by atoms with E-state index in [0.29, 0.717) is 19.3 Å². The van der Waals surface area contributed by atoms with Crippen LogP contribution in [0.4, 0.5) is 0 Å². The molecule has 0 radical (unpaired) electrons. The Hall–Kier alpha value is -0.610. The molecule has 3 unspecified atom stereocenters. The van der Waals surface area contributed by atoms with Gasteiger partial charge in [-0.3, -0.25) is 4.79 Å². The summed E-state index contributed by atoms with van der Waals surface area (Å²) in [6, 6.07) is 0. The van der Waals surface area contributed by atoms with Gasteiger partial charge in [0, 0.05) is 13.5 Å². The molecule has 1 aliphatic rings. The predicted octanol–water partition coefficient (Wildman–Crippen LogP) is 2.29. The van der Waals surface area contributed by atoms with Crippen LogP contribution < -0.4 is 0 Å². The molecule has 18 heavy (non-hydrogen) atoms. The number of rotatable bonds is 6. The molecule has 0 aromatic rings. The fourth-order valence-electron chi connectivity index (χ4n) is 2.91. The van der Waals surface area contributed by atoms with Crippen molar-refractivity contribution in [2.45, 2.75) is 63.6 Å². The third kappa shape index (κ3) is 3.69. The number of methoxy groups -OCH3 is 2. The largest absolute Gasteiger partial charge is 0.469 e. The van der Waals surface area contributed by atoms with Crippen LogP contribution in [-0.2, 0) is 14.3 Å². The van der Waals surface area contributed by atoms with Gasteiger partial charge < -0.3 is 14.6 Å². The number of aliphatic hydroxyl groups is 1. The lowest BCUT2D eigenvalue weighted by atomic mass is 9.72. The Labute approximate surface area is 110 Å². The van der Waals surface area contributed by atoms with Crippen LogP contribution in [0.3, 0.4) is 0 Å². The van der Waals surface area contributed by atoms with E-state index < -0.39 is 11.5 Å². The van der Waals surface area contributed by atoms with Gasteiger partial charge >= 0.3 is 5.97 Å². The van der Waals surface area contributed by atoms with Crippen LogP contribution in [0.25, 0.3) is 0 Å². The highest BCUT2D eigenvalue weighted by Crippen LogP contribution is 2.38. The van der Waals surface area contributed by atoms with Gasteiger partial charge in [0.25, 0.3) is 0 Å². The SMILES string of the molecule is CCCCC(C(=O)OC)C1(O)CCCC(OC)C1. The number of hydrogen-bond donors (Lipinski definition) is 1. The van der Waals surface area contributed by atoms with Crippen LogP contribution in [-0.4, -0.2) is 37.0 Å². The van der Waals surface area contributed by atoms with Crippen LogP contribution >= 0.6 is 0 Å². The first kappa shape index (κ1) is 15.4. The van der Waals surface area contributed by atoms with Gasteiger partial charge in [-0.05, 0) is 25.7 Å². The molecule has 0 amide bonds. The number of hydrogen-bond acceptors (Lipinski definition) is 4. The maximum Gasteiger partial charge on any atom is 0.311 e. The van der Waals surface area contributed by atoms with E-state index in [1.807, 2.05) is 0 Å². The molecule has 106 valence electrons. The second kappa shape index (κ2) is 7.10. The predicted molar refractivity (Wildman–Crippen MR) is 69.2 cm³/mol. The van der Waals surface area contributed by atoms with E-state index in [0.717, 1.165) is 25.7 Å². The third-order valence-corrected chi connectivity index (χ3v) is 4.03. The van der Waals surface area contributed by atoms with E-state index in [-0.39, 0.29) is 12.1 Å². The van der Waals surface area contributed by atoms with Gasteiger partial charge in [-0.25, -0.2) is 0 Å². The Kier molecular flexibility index (Phi) is 6.09. The van der Waals surface area contributed by atoms with Gasteiger partial charge in [0.15, 0.2) is 0 Å². The van der Waals surface area contributed by atoms with Crippen LogP contribution in [0.1, 0.15) is 51.9 Å². The fraction of sp³-hybridized carbons (Fsp3) is 0.929. The summed E-state index contributed by atoms with van der Waals surface area (Å²) >= 11 is 0. The summed E-state index contributed by atoms with van der Waals surface area (Å²) in [4.78, 5) is 11.9. The molecule has 0 spiro atoms. The molecule has 1 N–H and O–H groups in total. The molecule has 1 fully saturated rings. The second-order valence-electron chi connectivity index (χ2n) is 5.28. The number of carbonyl (C=O) groups is 1. The molecule has 1 aliphatic carbocycles. The fourth-order valence-corrected chi connectivity index (χ4v) is 2.91. The molecule has 0 aliphatic heterocycles. The number of unbranched alkanes of at least 4 members (excludes halogenated alkanes) is 1. The minimum Gasteiger partial charge on any atom is -0.469 e. The summed E-state index contributed by atoms with van der Waals surface area (Å²) in [7, 11) is 3.05. The molecule has 3 atom stereocenters. The molecule has 1 saturated carbocycles. The number of carbonyl (C=O) groups excluding carboxylic acids is 1. The first-order valence-corrected chi connectivity index (χ1v) is 6.90. The summed E-state index contributed by atoms with van der Waals surface area (Å²) < 4.78 is 10.2. The van der Waals surface area contributed by atoms with Crippen molar-refractivity contribution >= 4 is 5.97 Å². The van der Waals surface area contributed by atoms with Crippen LogP contribution in [0.5, 0.6) is 0 Å². The van der Waals surface area contributed by atoms with E-state index in [1.54, 1.807) is 7.11 Å². The average molecular weight is 258 g/mol. The summed E-state index contributed by atoms with van der Waals surface area (Å²) in [6.45, 7) is 2.08. The topological polar surface area (TPSA) is 55.8 Å². The van der Waals surface area contributed by atoms with Crippen molar-refractivity contribution in [3.63, 3.8) is 0 Å². The highest BCUT2D eigenvalue weighted by Gasteiger charge is 2.45. The summed E-state index contributed by atoms with van der Waals surface area (Å²) in [5.41, 5.74) is -0.957. The lowest BCUT2D eigenvalue weighted by Gasteiger charge is -2.40. The molecule has 0 bridgehead atoms. The van der Waals surface area contributed by atoms with Crippen LogP contribution in [0, 0.1) is 5.92 Å².